The lowest BCUT2D eigenvalue weighted by molar-refractivity contribution is 0.742. The molecule has 0 aliphatic rings. The Labute approximate surface area is 81.4 Å². The number of hydrogen-bond donors (Lipinski definition) is 1. The van der Waals surface area contributed by atoms with Gasteiger partial charge in [-0.15, -0.1) is 11.3 Å². The van der Waals surface area contributed by atoms with Crippen LogP contribution in [0.1, 0.15) is 12.5 Å². The molecule has 0 saturated heterocycles. The van der Waals surface area contributed by atoms with E-state index >= 15 is 0 Å². The van der Waals surface area contributed by atoms with Crippen LogP contribution >= 0.6 is 11.3 Å². The number of nitrogens with zero attached hydrogens (tertiary/aromatic N) is 1. The van der Waals surface area contributed by atoms with E-state index in [1.807, 2.05) is 24.6 Å². The molecule has 0 amide bonds. The Morgan fingerprint density at radius 3 is 3.15 bits per heavy atom. The van der Waals surface area contributed by atoms with Gasteiger partial charge in [-0.05, 0) is 25.0 Å². The van der Waals surface area contributed by atoms with Gasteiger partial charge in [0.25, 0.3) is 0 Å². The third kappa shape index (κ3) is 1.71. The Kier molecular flexibility index (Phi) is 2.29. The summed E-state index contributed by atoms with van der Waals surface area (Å²) in [6.45, 7) is 2.03. The maximum Gasteiger partial charge on any atom is 0.0814 e. The lowest BCUT2D eigenvalue weighted by atomic mass is 10.1. The van der Waals surface area contributed by atoms with E-state index in [1.165, 1.54) is 10.3 Å². The number of rotatable bonds is 2. The molecule has 1 heterocycles. The van der Waals surface area contributed by atoms with Gasteiger partial charge in [0.15, 0.2) is 0 Å². The summed E-state index contributed by atoms with van der Waals surface area (Å²) in [5.74, 6) is 0. The van der Waals surface area contributed by atoms with Crippen LogP contribution in [0.5, 0.6) is 0 Å². The van der Waals surface area contributed by atoms with Gasteiger partial charge in [-0.25, -0.2) is 4.98 Å². The van der Waals surface area contributed by atoms with Crippen molar-refractivity contribution in [3.05, 3.63) is 29.3 Å². The van der Waals surface area contributed by atoms with Gasteiger partial charge in [-0.3, -0.25) is 0 Å². The third-order valence-corrected chi connectivity index (χ3v) is 2.90. The molecule has 2 nitrogen and oxygen atoms in total. The molecule has 0 spiro atoms. The second-order valence-corrected chi connectivity index (χ2v) is 4.15. The molecule has 1 unspecified atom stereocenters. The first-order chi connectivity index (χ1) is 6.27. The van der Waals surface area contributed by atoms with Crippen molar-refractivity contribution in [2.75, 3.05) is 0 Å². The Bertz CT molecular complexity index is 406. The van der Waals surface area contributed by atoms with Crippen LogP contribution in [0.4, 0.5) is 0 Å². The van der Waals surface area contributed by atoms with Crippen LogP contribution in [0.25, 0.3) is 10.2 Å². The maximum atomic E-state index is 5.77. The molecule has 0 bridgehead atoms. The fourth-order valence-corrected chi connectivity index (χ4v) is 2.27. The van der Waals surface area contributed by atoms with E-state index in [2.05, 4.69) is 11.1 Å². The van der Waals surface area contributed by atoms with E-state index in [0.29, 0.717) is 0 Å². The van der Waals surface area contributed by atoms with Crippen molar-refractivity contribution >= 4 is 21.6 Å². The normalized spacial score (nSPS) is 13.4. The van der Waals surface area contributed by atoms with Crippen molar-refractivity contribution in [3.63, 3.8) is 0 Å². The van der Waals surface area contributed by atoms with Crippen molar-refractivity contribution in [3.8, 4) is 0 Å². The molecule has 0 fully saturated rings. The van der Waals surface area contributed by atoms with Gasteiger partial charge in [0.1, 0.15) is 0 Å². The van der Waals surface area contributed by atoms with Crippen molar-refractivity contribution in [1.82, 2.24) is 4.98 Å². The first kappa shape index (κ1) is 8.66. The summed E-state index contributed by atoms with van der Waals surface area (Å²) in [4.78, 5) is 4.26. The smallest absolute Gasteiger partial charge is 0.0814 e. The van der Waals surface area contributed by atoms with Gasteiger partial charge in [-0.1, -0.05) is 12.1 Å². The molecular weight excluding hydrogens is 180 g/mol. The van der Waals surface area contributed by atoms with Gasteiger partial charge >= 0.3 is 0 Å². The molecule has 2 aromatic rings. The highest BCUT2D eigenvalue weighted by Crippen LogP contribution is 2.22. The standard InChI is InChI=1S/C10H12N2S/c1-7(11)5-8-3-2-4-9-10(8)13-6-12-9/h2-4,6-7H,5,11H2,1H3. The van der Waals surface area contributed by atoms with E-state index < -0.39 is 0 Å². The van der Waals surface area contributed by atoms with Crippen molar-refractivity contribution in [2.24, 2.45) is 5.73 Å². The van der Waals surface area contributed by atoms with Crippen LogP contribution in [0.15, 0.2) is 23.7 Å². The molecule has 1 atom stereocenters. The highest BCUT2D eigenvalue weighted by molar-refractivity contribution is 7.16. The molecule has 1 aromatic heterocycles. The lowest BCUT2D eigenvalue weighted by Gasteiger charge is -2.05. The zero-order valence-corrected chi connectivity index (χ0v) is 8.34. The van der Waals surface area contributed by atoms with E-state index in [1.54, 1.807) is 11.3 Å². The molecule has 0 aliphatic carbocycles. The number of hydrogen-bond acceptors (Lipinski definition) is 3. The van der Waals surface area contributed by atoms with Gasteiger partial charge < -0.3 is 5.73 Å². The number of thiazole rings is 1. The minimum Gasteiger partial charge on any atom is -0.328 e. The number of aromatic nitrogens is 1. The second-order valence-electron chi connectivity index (χ2n) is 3.30. The van der Waals surface area contributed by atoms with Crippen molar-refractivity contribution in [2.45, 2.75) is 19.4 Å². The first-order valence-corrected chi connectivity index (χ1v) is 5.22. The Morgan fingerprint density at radius 2 is 2.38 bits per heavy atom. The fourth-order valence-electron chi connectivity index (χ4n) is 1.45. The molecule has 3 heteroatoms. The number of benzene rings is 1. The summed E-state index contributed by atoms with van der Waals surface area (Å²) < 4.78 is 1.28. The quantitative estimate of drug-likeness (QED) is 0.792. The molecule has 13 heavy (non-hydrogen) atoms. The Balaban J connectivity index is 2.48. The van der Waals surface area contributed by atoms with Gasteiger partial charge in [-0.2, -0.15) is 0 Å². The third-order valence-electron chi connectivity index (χ3n) is 1.98. The highest BCUT2D eigenvalue weighted by atomic mass is 32.1. The lowest BCUT2D eigenvalue weighted by Crippen LogP contribution is -2.17. The predicted molar refractivity (Wildman–Crippen MR) is 57.0 cm³/mol. The second kappa shape index (κ2) is 3.44. The number of nitrogens with two attached hydrogens (primary N) is 1. The van der Waals surface area contributed by atoms with Gasteiger partial charge in [0.05, 0.1) is 15.7 Å². The summed E-state index contributed by atoms with van der Waals surface area (Å²) in [5, 5.41) is 0. The monoisotopic (exact) mass is 192 g/mol. The summed E-state index contributed by atoms with van der Waals surface area (Å²) in [6, 6.07) is 6.42. The molecule has 2 N–H and O–H groups in total. The summed E-state index contributed by atoms with van der Waals surface area (Å²) in [6.07, 6.45) is 0.930. The van der Waals surface area contributed by atoms with E-state index in [9.17, 15) is 0 Å². The maximum absolute atomic E-state index is 5.77. The Morgan fingerprint density at radius 1 is 1.54 bits per heavy atom. The molecule has 1 aromatic carbocycles. The SMILES string of the molecule is CC(N)Cc1cccc2ncsc12. The minimum absolute atomic E-state index is 0.215. The summed E-state index contributed by atoms with van der Waals surface area (Å²) in [7, 11) is 0. The average Bonchev–Trinajstić information content (AvgIpc) is 2.51. The molecule has 0 aliphatic heterocycles. The molecule has 2 rings (SSSR count). The predicted octanol–water partition coefficient (Wildman–Crippen LogP) is 2.19. The highest BCUT2D eigenvalue weighted by Gasteiger charge is 2.04. The summed E-state index contributed by atoms with van der Waals surface area (Å²) >= 11 is 1.69. The van der Waals surface area contributed by atoms with Crippen molar-refractivity contribution < 1.29 is 0 Å². The fraction of sp³-hybridized carbons (Fsp3) is 0.300. The van der Waals surface area contributed by atoms with Crippen LogP contribution in [-0.2, 0) is 6.42 Å². The van der Waals surface area contributed by atoms with Crippen LogP contribution < -0.4 is 5.73 Å². The first-order valence-electron chi connectivity index (χ1n) is 4.34. The molecular formula is C10H12N2S. The topological polar surface area (TPSA) is 38.9 Å². The molecule has 0 saturated carbocycles. The van der Waals surface area contributed by atoms with Crippen LogP contribution in [0.3, 0.4) is 0 Å². The van der Waals surface area contributed by atoms with Crippen LogP contribution in [0.2, 0.25) is 0 Å². The van der Waals surface area contributed by atoms with E-state index in [-0.39, 0.29) is 6.04 Å². The van der Waals surface area contributed by atoms with E-state index in [4.69, 9.17) is 5.73 Å². The minimum atomic E-state index is 0.215. The molecule has 0 radical (unpaired) electrons. The van der Waals surface area contributed by atoms with Crippen LogP contribution in [-0.4, -0.2) is 11.0 Å². The van der Waals surface area contributed by atoms with Crippen LogP contribution in [0, 0.1) is 0 Å². The molecule has 68 valence electrons. The van der Waals surface area contributed by atoms with Crippen molar-refractivity contribution in [1.29, 1.82) is 0 Å². The zero-order chi connectivity index (χ0) is 9.26. The zero-order valence-electron chi connectivity index (χ0n) is 7.53. The largest absolute Gasteiger partial charge is 0.328 e. The number of fused-ring (bicyclic) bond motifs is 1. The van der Waals surface area contributed by atoms with E-state index in [0.717, 1.165) is 11.9 Å². The average molecular weight is 192 g/mol. The van der Waals surface area contributed by atoms with Gasteiger partial charge in [0.2, 0.25) is 0 Å². The Hall–Kier alpha value is -0.930. The summed E-state index contributed by atoms with van der Waals surface area (Å²) in [5.41, 5.74) is 10.1. The van der Waals surface area contributed by atoms with Gasteiger partial charge in [0, 0.05) is 6.04 Å².